The highest BCUT2D eigenvalue weighted by molar-refractivity contribution is 5.91. The Morgan fingerprint density at radius 1 is 1.11 bits per heavy atom. The Balaban J connectivity index is 1.27. The second-order valence-electron chi connectivity index (χ2n) is 9.32. The van der Waals surface area contributed by atoms with Crippen molar-refractivity contribution in [3.05, 3.63) is 102 Å². The van der Waals surface area contributed by atoms with Crippen LogP contribution in [0.25, 0.3) is 22.7 Å². The lowest BCUT2D eigenvalue weighted by Gasteiger charge is -2.20. The van der Waals surface area contributed by atoms with E-state index in [1.807, 2.05) is 18.2 Å². The summed E-state index contributed by atoms with van der Waals surface area (Å²) in [7, 11) is 0. The number of nitrogens with zero attached hydrogens (tertiary/aromatic N) is 3. The summed E-state index contributed by atoms with van der Waals surface area (Å²) in [6.45, 7) is 5.14. The third-order valence-corrected chi connectivity index (χ3v) is 6.94. The Hall–Kier alpha value is -3.70. The van der Waals surface area contributed by atoms with E-state index in [0.29, 0.717) is 12.6 Å². The van der Waals surface area contributed by atoms with Crippen LogP contribution in [0.3, 0.4) is 0 Å². The summed E-state index contributed by atoms with van der Waals surface area (Å²) in [5.74, 6) is -0.119. The number of benzene rings is 2. The second kappa shape index (κ2) is 10.7. The van der Waals surface area contributed by atoms with E-state index in [4.69, 9.17) is 0 Å². The van der Waals surface area contributed by atoms with Crippen LogP contribution in [-0.4, -0.2) is 39.5 Å². The molecule has 3 heterocycles. The molecule has 1 unspecified atom stereocenters. The summed E-state index contributed by atoms with van der Waals surface area (Å²) in [5, 5.41) is 4.22. The zero-order valence-electron chi connectivity index (χ0n) is 20.2. The fraction of sp³-hybridized carbons (Fsp3) is 0.267. The molecule has 35 heavy (non-hydrogen) atoms. The lowest BCUT2D eigenvalue weighted by atomic mass is 10.1. The average Bonchev–Trinajstić information content (AvgIpc) is 3.49. The van der Waals surface area contributed by atoms with Crippen molar-refractivity contribution in [2.24, 2.45) is 0 Å². The fourth-order valence-corrected chi connectivity index (χ4v) is 4.92. The minimum absolute atomic E-state index is 0.119. The first-order chi connectivity index (χ1) is 17.2. The van der Waals surface area contributed by atoms with Gasteiger partial charge in [-0.2, -0.15) is 0 Å². The number of hydrogen-bond donors (Lipinski definition) is 1. The van der Waals surface area contributed by atoms with Crippen LogP contribution < -0.4 is 5.32 Å². The molecule has 0 spiro atoms. The minimum Gasteiger partial charge on any atom is -0.348 e. The van der Waals surface area contributed by atoms with Crippen molar-refractivity contribution in [3.63, 3.8) is 0 Å². The first kappa shape index (κ1) is 23.1. The Labute approximate surface area is 207 Å². The van der Waals surface area contributed by atoms with Crippen molar-refractivity contribution in [3.8, 4) is 5.69 Å². The van der Waals surface area contributed by atoms with Gasteiger partial charge < -0.3 is 14.8 Å². The first-order valence-corrected chi connectivity index (χ1v) is 12.5. The highest BCUT2D eigenvalue weighted by Crippen LogP contribution is 2.27. The number of rotatable bonds is 8. The number of pyridine rings is 1. The third-order valence-electron chi connectivity index (χ3n) is 6.94. The fourth-order valence-electron chi connectivity index (χ4n) is 4.92. The number of amides is 1. The standard InChI is InChI=1S/C30H32N4O/c1-23-6-5-18-33(23)19-16-26-22-34(29-9-3-2-8-28(26)29)27-13-10-24(11-14-27)12-15-30(35)32-21-25-7-4-17-31-20-25/h2-4,7-15,17,20,22-23H,5-6,16,18-19,21H2,1H3,(H,32,35)/b15-12+. The Kier molecular flexibility index (Phi) is 7.05. The number of fused-ring (bicyclic) bond motifs is 1. The van der Waals surface area contributed by atoms with Crippen LogP contribution in [0.5, 0.6) is 0 Å². The van der Waals surface area contributed by atoms with Gasteiger partial charge in [-0.15, -0.1) is 0 Å². The molecule has 0 saturated carbocycles. The van der Waals surface area contributed by atoms with Crippen LogP contribution in [0.1, 0.15) is 36.5 Å². The normalized spacial score (nSPS) is 16.3. The van der Waals surface area contributed by atoms with Crippen LogP contribution in [-0.2, 0) is 17.8 Å². The van der Waals surface area contributed by atoms with E-state index in [-0.39, 0.29) is 5.91 Å². The molecule has 0 aliphatic carbocycles. The maximum Gasteiger partial charge on any atom is 0.244 e. The van der Waals surface area contributed by atoms with Crippen molar-refractivity contribution in [2.45, 2.75) is 38.8 Å². The maximum absolute atomic E-state index is 12.2. The molecule has 1 amide bonds. The van der Waals surface area contributed by atoms with Crippen molar-refractivity contribution < 1.29 is 4.79 Å². The molecule has 1 atom stereocenters. The lowest BCUT2D eigenvalue weighted by Crippen LogP contribution is -2.28. The van der Waals surface area contributed by atoms with Gasteiger partial charge in [0.2, 0.25) is 5.91 Å². The second-order valence-corrected chi connectivity index (χ2v) is 9.32. The molecular formula is C30H32N4O. The van der Waals surface area contributed by atoms with E-state index in [2.05, 4.69) is 81.4 Å². The Morgan fingerprint density at radius 2 is 1.97 bits per heavy atom. The Bertz CT molecular complexity index is 1310. The molecule has 2 aromatic carbocycles. The molecule has 1 fully saturated rings. The van der Waals surface area contributed by atoms with Gasteiger partial charge in [0.1, 0.15) is 0 Å². The summed E-state index contributed by atoms with van der Waals surface area (Å²) in [6.07, 6.45) is 12.9. The number of aromatic nitrogens is 2. The number of hydrogen-bond acceptors (Lipinski definition) is 3. The van der Waals surface area contributed by atoms with Gasteiger partial charge in [0, 0.05) is 54.9 Å². The van der Waals surface area contributed by atoms with Gasteiger partial charge in [0.05, 0.1) is 5.52 Å². The van der Waals surface area contributed by atoms with Crippen molar-refractivity contribution in [1.82, 2.24) is 19.8 Å². The van der Waals surface area contributed by atoms with Gasteiger partial charge in [-0.25, -0.2) is 0 Å². The molecule has 1 N–H and O–H groups in total. The molecule has 5 heteroatoms. The topological polar surface area (TPSA) is 50.2 Å². The predicted octanol–water partition coefficient (Wildman–Crippen LogP) is 5.38. The zero-order chi connectivity index (χ0) is 24.0. The molecule has 4 aromatic rings. The lowest BCUT2D eigenvalue weighted by molar-refractivity contribution is -0.116. The number of nitrogens with one attached hydrogen (secondary N) is 1. The molecule has 0 bridgehead atoms. The number of para-hydroxylation sites is 1. The van der Waals surface area contributed by atoms with E-state index >= 15 is 0 Å². The molecule has 2 aromatic heterocycles. The van der Waals surface area contributed by atoms with Crippen molar-refractivity contribution in [2.75, 3.05) is 13.1 Å². The van der Waals surface area contributed by atoms with Crippen LogP contribution in [0.2, 0.25) is 0 Å². The minimum atomic E-state index is -0.119. The first-order valence-electron chi connectivity index (χ1n) is 12.5. The average molecular weight is 465 g/mol. The predicted molar refractivity (Wildman–Crippen MR) is 142 cm³/mol. The third kappa shape index (κ3) is 5.52. The summed E-state index contributed by atoms with van der Waals surface area (Å²) >= 11 is 0. The number of likely N-dealkylation sites (tertiary alicyclic amines) is 1. The molecular weight excluding hydrogens is 432 g/mol. The number of carbonyl (C=O) groups is 1. The van der Waals surface area contributed by atoms with Crippen LogP contribution >= 0.6 is 0 Å². The monoisotopic (exact) mass is 464 g/mol. The molecule has 1 aliphatic heterocycles. The zero-order valence-corrected chi connectivity index (χ0v) is 20.2. The van der Waals surface area contributed by atoms with E-state index in [1.54, 1.807) is 18.5 Å². The maximum atomic E-state index is 12.2. The number of carbonyl (C=O) groups excluding carboxylic acids is 1. The highest BCUT2D eigenvalue weighted by Gasteiger charge is 2.20. The van der Waals surface area contributed by atoms with Gasteiger partial charge in [-0.1, -0.05) is 36.4 Å². The SMILES string of the molecule is CC1CCCN1CCc1cn(-c2ccc(/C=C/C(=O)NCc3cccnc3)cc2)c2ccccc12. The van der Waals surface area contributed by atoms with Gasteiger partial charge in [-0.3, -0.25) is 9.78 Å². The van der Waals surface area contributed by atoms with Gasteiger partial charge in [0.25, 0.3) is 0 Å². The van der Waals surface area contributed by atoms with Crippen LogP contribution in [0, 0.1) is 0 Å². The molecule has 1 saturated heterocycles. The van der Waals surface area contributed by atoms with E-state index in [1.165, 1.54) is 35.9 Å². The highest BCUT2D eigenvalue weighted by atomic mass is 16.1. The summed E-state index contributed by atoms with van der Waals surface area (Å²) < 4.78 is 2.28. The summed E-state index contributed by atoms with van der Waals surface area (Å²) in [5.41, 5.74) is 5.72. The van der Waals surface area contributed by atoms with E-state index in [0.717, 1.165) is 29.8 Å². The van der Waals surface area contributed by atoms with Gasteiger partial charge >= 0.3 is 0 Å². The molecule has 1 aliphatic rings. The molecule has 5 rings (SSSR count). The van der Waals surface area contributed by atoms with Crippen molar-refractivity contribution in [1.29, 1.82) is 0 Å². The summed E-state index contributed by atoms with van der Waals surface area (Å²) in [4.78, 5) is 18.9. The summed E-state index contributed by atoms with van der Waals surface area (Å²) in [6, 6.07) is 21.5. The van der Waals surface area contributed by atoms with Crippen molar-refractivity contribution >= 4 is 22.9 Å². The van der Waals surface area contributed by atoms with Crippen LogP contribution in [0.15, 0.2) is 85.3 Å². The smallest absolute Gasteiger partial charge is 0.244 e. The quantitative estimate of drug-likeness (QED) is 0.356. The Morgan fingerprint density at radius 3 is 2.74 bits per heavy atom. The van der Waals surface area contributed by atoms with E-state index < -0.39 is 0 Å². The van der Waals surface area contributed by atoms with Gasteiger partial charge in [-0.05, 0) is 79.8 Å². The van der Waals surface area contributed by atoms with Gasteiger partial charge in [0.15, 0.2) is 0 Å². The molecule has 178 valence electrons. The molecule has 5 nitrogen and oxygen atoms in total. The molecule has 0 radical (unpaired) electrons. The van der Waals surface area contributed by atoms with Crippen LogP contribution in [0.4, 0.5) is 0 Å². The van der Waals surface area contributed by atoms with E-state index in [9.17, 15) is 4.79 Å². The largest absolute Gasteiger partial charge is 0.348 e.